The summed E-state index contributed by atoms with van der Waals surface area (Å²) in [6.45, 7) is 2.20. The molecule has 5 heteroatoms. The molecule has 0 amide bonds. The SMILES string of the molecule is CC1CCC(Oc2ccc(Cc3cc([C@H]4C[C@@H](O)C[C@@H](CO)O4)ccc3Cl)cc2)C1. The molecule has 2 unspecified atom stereocenters. The van der Waals surface area contributed by atoms with Crippen molar-refractivity contribution < 1.29 is 19.7 Å². The fraction of sp³-hybridized carbons (Fsp3) is 0.520. The van der Waals surface area contributed by atoms with Crippen LogP contribution in [0.3, 0.4) is 0 Å². The molecule has 1 heterocycles. The summed E-state index contributed by atoms with van der Waals surface area (Å²) in [6.07, 6.45) is 4.57. The Labute approximate surface area is 183 Å². The van der Waals surface area contributed by atoms with Gasteiger partial charge in [-0.1, -0.05) is 42.8 Å². The largest absolute Gasteiger partial charge is 0.490 e. The van der Waals surface area contributed by atoms with Crippen molar-refractivity contribution >= 4 is 11.6 Å². The van der Waals surface area contributed by atoms with Gasteiger partial charge in [0, 0.05) is 17.9 Å². The number of aliphatic hydroxyl groups excluding tert-OH is 2. The molecule has 1 saturated carbocycles. The second-order valence-corrected chi connectivity index (χ2v) is 9.29. The highest BCUT2D eigenvalue weighted by Gasteiger charge is 2.29. The molecule has 4 rings (SSSR count). The molecule has 0 spiro atoms. The lowest BCUT2D eigenvalue weighted by Gasteiger charge is -2.32. The van der Waals surface area contributed by atoms with Gasteiger partial charge in [0.15, 0.2) is 0 Å². The van der Waals surface area contributed by atoms with Crippen LogP contribution in [-0.2, 0) is 11.2 Å². The van der Waals surface area contributed by atoms with Crippen molar-refractivity contribution in [3.63, 3.8) is 0 Å². The zero-order chi connectivity index (χ0) is 21.1. The van der Waals surface area contributed by atoms with Gasteiger partial charge in [-0.2, -0.15) is 0 Å². The lowest BCUT2D eigenvalue weighted by atomic mass is 9.94. The number of benzene rings is 2. The van der Waals surface area contributed by atoms with E-state index in [2.05, 4.69) is 25.1 Å². The Morgan fingerprint density at radius 2 is 1.87 bits per heavy atom. The molecule has 162 valence electrons. The summed E-state index contributed by atoms with van der Waals surface area (Å²) in [5.41, 5.74) is 3.18. The maximum atomic E-state index is 10.1. The normalized spacial score (nSPS) is 29.1. The monoisotopic (exact) mass is 430 g/mol. The van der Waals surface area contributed by atoms with E-state index in [9.17, 15) is 10.2 Å². The molecule has 2 aromatic rings. The minimum atomic E-state index is -0.463. The van der Waals surface area contributed by atoms with Gasteiger partial charge in [-0.25, -0.2) is 0 Å². The molecular formula is C25H31ClO4. The topological polar surface area (TPSA) is 58.9 Å². The van der Waals surface area contributed by atoms with Crippen molar-refractivity contribution in [2.75, 3.05) is 6.61 Å². The molecule has 30 heavy (non-hydrogen) atoms. The minimum absolute atomic E-state index is 0.0812. The lowest BCUT2D eigenvalue weighted by Crippen LogP contribution is -2.33. The maximum absolute atomic E-state index is 10.1. The zero-order valence-electron chi connectivity index (χ0n) is 17.5. The van der Waals surface area contributed by atoms with Crippen LogP contribution in [0.2, 0.25) is 5.02 Å². The summed E-state index contributed by atoms with van der Waals surface area (Å²) in [4.78, 5) is 0. The van der Waals surface area contributed by atoms with Crippen molar-refractivity contribution in [3.05, 3.63) is 64.2 Å². The highest BCUT2D eigenvalue weighted by molar-refractivity contribution is 6.31. The van der Waals surface area contributed by atoms with Crippen LogP contribution < -0.4 is 4.74 Å². The van der Waals surface area contributed by atoms with E-state index >= 15 is 0 Å². The highest BCUT2D eigenvalue weighted by atomic mass is 35.5. The molecule has 2 aliphatic rings. The van der Waals surface area contributed by atoms with Crippen LogP contribution >= 0.6 is 11.6 Å². The summed E-state index contributed by atoms with van der Waals surface area (Å²) in [6, 6.07) is 14.2. The molecule has 2 N–H and O–H groups in total. The third kappa shape index (κ3) is 5.36. The van der Waals surface area contributed by atoms with Crippen molar-refractivity contribution in [1.29, 1.82) is 0 Å². The highest BCUT2D eigenvalue weighted by Crippen LogP contribution is 2.34. The van der Waals surface area contributed by atoms with Gasteiger partial charge in [0.25, 0.3) is 0 Å². The van der Waals surface area contributed by atoms with Gasteiger partial charge in [-0.15, -0.1) is 0 Å². The first-order chi connectivity index (χ1) is 14.5. The van der Waals surface area contributed by atoms with E-state index in [0.717, 1.165) is 35.6 Å². The Kier molecular flexibility index (Phi) is 6.99. The van der Waals surface area contributed by atoms with Gasteiger partial charge in [-0.3, -0.25) is 0 Å². The first kappa shape index (κ1) is 21.6. The van der Waals surface area contributed by atoms with Crippen molar-refractivity contribution in [3.8, 4) is 5.75 Å². The first-order valence-corrected chi connectivity index (χ1v) is 11.4. The van der Waals surface area contributed by atoms with Crippen molar-refractivity contribution in [2.45, 2.75) is 69.9 Å². The molecule has 5 atom stereocenters. The number of rotatable bonds is 6. The van der Waals surface area contributed by atoms with Crippen LogP contribution in [0.25, 0.3) is 0 Å². The molecule has 2 aromatic carbocycles. The van der Waals surface area contributed by atoms with Crippen LogP contribution in [0.4, 0.5) is 0 Å². The Morgan fingerprint density at radius 3 is 2.57 bits per heavy atom. The number of hydrogen-bond acceptors (Lipinski definition) is 4. The predicted molar refractivity (Wildman–Crippen MR) is 118 cm³/mol. The molecule has 0 bridgehead atoms. The molecular weight excluding hydrogens is 400 g/mol. The quantitative estimate of drug-likeness (QED) is 0.671. The third-order valence-corrected chi connectivity index (χ3v) is 6.66. The van der Waals surface area contributed by atoms with Gasteiger partial charge in [-0.05, 0) is 66.5 Å². The number of ether oxygens (including phenoxy) is 2. The van der Waals surface area contributed by atoms with Crippen molar-refractivity contribution in [1.82, 2.24) is 0 Å². The van der Waals surface area contributed by atoms with Gasteiger partial charge in [0.2, 0.25) is 0 Å². The zero-order valence-corrected chi connectivity index (χ0v) is 18.2. The van der Waals surface area contributed by atoms with Crippen molar-refractivity contribution in [2.24, 2.45) is 5.92 Å². The fourth-order valence-corrected chi connectivity index (χ4v) is 4.80. The Hall–Kier alpha value is -1.59. The molecule has 0 radical (unpaired) electrons. The number of aliphatic hydroxyl groups is 2. The smallest absolute Gasteiger partial charge is 0.119 e. The minimum Gasteiger partial charge on any atom is -0.490 e. The molecule has 1 aliphatic carbocycles. The number of hydrogen-bond donors (Lipinski definition) is 2. The summed E-state index contributed by atoms with van der Waals surface area (Å²) in [5.74, 6) is 1.68. The van der Waals surface area contributed by atoms with Crippen LogP contribution in [0.5, 0.6) is 5.75 Å². The predicted octanol–water partition coefficient (Wildman–Crippen LogP) is 5.07. The molecule has 0 aromatic heterocycles. The second-order valence-electron chi connectivity index (χ2n) is 8.88. The molecule has 1 saturated heterocycles. The maximum Gasteiger partial charge on any atom is 0.119 e. The van der Waals surface area contributed by atoms with Gasteiger partial charge in [0.05, 0.1) is 31.0 Å². The van der Waals surface area contributed by atoms with E-state index in [0.29, 0.717) is 30.4 Å². The summed E-state index contributed by atoms with van der Waals surface area (Å²) >= 11 is 6.47. The van der Waals surface area contributed by atoms with Crippen LogP contribution in [0.1, 0.15) is 61.8 Å². The standard InChI is InChI=1S/C25H31ClO4/c1-16-2-6-22(10-16)29-21-7-3-17(4-8-21)11-19-12-18(5-9-24(19)26)25-14-20(28)13-23(15-27)30-25/h3-5,7-9,12,16,20,22-23,25,27-28H,2,6,10-11,13-15H2,1H3/t16?,20-,22?,23-,25+/m0/s1. The van der Waals surface area contributed by atoms with E-state index in [1.165, 1.54) is 12.0 Å². The second kappa shape index (κ2) is 9.69. The van der Waals surface area contributed by atoms with E-state index in [1.807, 2.05) is 24.3 Å². The average Bonchev–Trinajstić information content (AvgIpc) is 3.15. The van der Waals surface area contributed by atoms with E-state index in [-0.39, 0.29) is 18.8 Å². The van der Waals surface area contributed by atoms with E-state index in [4.69, 9.17) is 21.1 Å². The molecule has 1 aliphatic heterocycles. The lowest BCUT2D eigenvalue weighted by molar-refractivity contribution is -0.113. The van der Waals surface area contributed by atoms with E-state index < -0.39 is 6.10 Å². The summed E-state index contributed by atoms with van der Waals surface area (Å²) in [5, 5.41) is 20.3. The van der Waals surface area contributed by atoms with Crippen LogP contribution in [0.15, 0.2) is 42.5 Å². The van der Waals surface area contributed by atoms with Crippen LogP contribution in [-0.4, -0.2) is 35.1 Å². The van der Waals surface area contributed by atoms with Gasteiger partial charge in [0.1, 0.15) is 5.75 Å². The fourth-order valence-electron chi connectivity index (χ4n) is 4.61. The Bertz CT molecular complexity index is 838. The molecule has 4 nitrogen and oxygen atoms in total. The van der Waals surface area contributed by atoms with Gasteiger partial charge >= 0.3 is 0 Å². The first-order valence-electron chi connectivity index (χ1n) is 11.0. The summed E-state index contributed by atoms with van der Waals surface area (Å²) in [7, 11) is 0. The third-order valence-electron chi connectivity index (χ3n) is 6.29. The molecule has 2 fully saturated rings. The Balaban J connectivity index is 1.43. The average molecular weight is 431 g/mol. The van der Waals surface area contributed by atoms with Gasteiger partial charge < -0.3 is 19.7 Å². The Morgan fingerprint density at radius 1 is 1.07 bits per heavy atom. The van der Waals surface area contributed by atoms with Crippen LogP contribution in [0, 0.1) is 5.92 Å². The number of halogens is 1. The van der Waals surface area contributed by atoms with E-state index in [1.54, 1.807) is 0 Å². The summed E-state index contributed by atoms with van der Waals surface area (Å²) < 4.78 is 12.1.